The molecule has 0 unspecified atom stereocenters. The largest absolute Gasteiger partial charge is 0.422 e. The van der Waals surface area contributed by atoms with Gasteiger partial charge in [0.25, 0.3) is 0 Å². The van der Waals surface area contributed by atoms with Crippen molar-refractivity contribution in [1.29, 1.82) is 0 Å². The lowest BCUT2D eigenvalue weighted by atomic mass is 10.0. The van der Waals surface area contributed by atoms with Gasteiger partial charge in [0.2, 0.25) is 0 Å². The number of ether oxygens (including phenoxy) is 1. The van der Waals surface area contributed by atoms with Crippen molar-refractivity contribution in [2.24, 2.45) is 5.73 Å². The van der Waals surface area contributed by atoms with Crippen molar-refractivity contribution in [1.82, 2.24) is 0 Å². The highest BCUT2D eigenvalue weighted by atomic mass is 16.5. The van der Waals surface area contributed by atoms with Crippen molar-refractivity contribution in [3.05, 3.63) is 45.9 Å². The van der Waals surface area contributed by atoms with E-state index in [9.17, 15) is 4.79 Å². The Kier molecular flexibility index (Phi) is 4.65. The molecule has 0 saturated carbocycles. The minimum Gasteiger partial charge on any atom is -0.422 e. The maximum Gasteiger partial charge on any atom is 0.346 e. The van der Waals surface area contributed by atoms with Gasteiger partial charge in [0.1, 0.15) is 5.58 Å². The third-order valence-electron chi connectivity index (χ3n) is 3.43. The molecule has 0 amide bonds. The Labute approximate surface area is 123 Å². The normalized spacial score (nSPS) is 12.5. The van der Waals surface area contributed by atoms with E-state index in [0.29, 0.717) is 53.1 Å². The van der Waals surface area contributed by atoms with Gasteiger partial charge < -0.3 is 20.6 Å². The number of nitrogen functional groups attached to an aromatic ring is 1. The summed E-state index contributed by atoms with van der Waals surface area (Å²) in [4.78, 5) is 12.2. The number of hydrogen-bond acceptors (Lipinski definition) is 5. The van der Waals surface area contributed by atoms with Crippen LogP contribution in [0.1, 0.15) is 25.8 Å². The maximum atomic E-state index is 12.2. The predicted molar refractivity (Wildman–Crippen MR) is 84.8 cm³/mol. The molecule has 21 heavy (non-hydrogen) atoms. The summed E-state index contributed by atoms with van der Waals surface area (Å²) in [6.45, 7) is 4.84. The smallest absolute Gasteiger partial charge is 0.346 e. The Morgan fingerprint density at radius 1 is 1.33 bits per heavy atom. The molecule has 112 valence electrons. The maximum absolute atomic E-state index is 12.2. The van der Waals surface area contributed by atoms with Crippen LogP contribution >= 0.6 is 0 Å². The zero-order chi connectivity index (χ0) is 15.4. The molecule has 2 rings (SSSR count). The standard InChI is InChI=1S/C16H20N2O3/c1-3-20-9-8-12(17)10(2)14-15(18)11-6-4-5-7-13(11)21-16(14)19/h4-7H,3,8-9,17-18H2,1-2H3/b12-10-. The molecule has 4 N–H and O–H groups in total. The molecule has 1 aromatic carbocycles. The first-order valence-electron chi connectivity index (χ1n) is 6.91. The first-order chi connectivity index (χ1) is 10.1. The topological polar surface area (TPSA) is 91.5 Å². The number of nitrogens with two attached hydrogens (primary N) is 2. The summed E-state index contributed by atoms with van der Waals surface area (Å²) >= 11 is 0. The molecule has 0 aliphatic heterocycles. The van der Waals surface area contributed by atoms with Gasteiger partial charge in [0, 0.05) is 24.1 Å². The van der Waals surface area contributed by atoms with E-state index in [1.54, 1.807) is 19.1 Å². The molecule has 0 saturated heterocycles. The van der Waals surface area contributed by atoms with Crippen molar-refractivity contribution in [3.8, 4) is 0 Å². The molecular formula is C16H20N2O3. The van der Waals surface area contributed by atoms with Crippen molar-refractivity contribution >= 4 is 22.2 Å². The van der Waals surface area contributed by atoms with Crippen LogP contribution in [0.25, 0.3) is 16.5 Å². The lowest BCUT2D eigenvalue weighted by molar-refractivity contribution is 0.150. The first-order valence-corrected chi connectivity index (χ1v) is 6.91. The van der Waals surface area contributed by atoms with Crippen LogP contribution in [-0.2, 0) is 4.74 Å². The molecule has 1 aromatic heterocycles. The monoisotopic (exact) mass is 288 g/mol. The van der Waals surface area contributed by atoms with Gasteiger partial charge in [-0.3, -0.25) is 0 Å². The molecule has 0 radical (unpaired) electrons. The Bertz CT molecular complexity index is 732. The predicted octanol–water partition coefficient (Wildman–Crippen LogP) is 2.49. The first kappa shape index (κ1) is 15.1. The molecule has 5 nitrogen and oxygen atoms in total. The van der Waals surface area contributed by atoms with Gasteiger partial charge in [0.05, 0.1) is 17.9 Å². The number of benzene rings is 1. The van der Waals surface area contributed by atoms with Crippen molar-refractivity contribution < 1.29 is 9.15 Å². The van der Waals surface area contributed by atoms with E-state index >= 15 is 0 Å². The number of anilines is 1. The van der Waals surface area contributed by atoms with Crippen LogP contribution in [0.3, 0.4) is 0 Å². The quantitative estimate of drug-likeness (QED) is 0.651. The average molecular weight is 288 g/mol. The lowest BCUT2D eigenvalue weighted by Gasteiger charge is -2.11. The fourth-order valence-electron chi connectivity index (χ4n) is 2.20. The average Bonchev–Trinajstić information content (AvgIpc) is 2.47. The van der Waals surface area contributed by atoms with Gasteiger partial charge in [0.15, 0.2) is 0 Å². The second-order valence-electron chi connectivity index (χ2n) is 4.77. The second kappa shape index (κ2) is 6.45. The summed E-state index contributed by atoms with van der Waals surface area (Å²) in [5, 5.41) is 0.712. The Balaban J connectivity index is 2.50. The highest BCUT2D eigenvalue weighted by Gasteiger charge is 2.15. The SMILES string of the molecule is CCOCC/C(N)=C(\C)c1c(N)c2ccccc2oc1=O. The highest BCUT2D eigenvalue weighted by molar-refractivity contribution is 5.94. The fourth-order valence-corrected chi connectivity index (χ4v) is 2.20. The molecule has 0 spiro atoms. The summed E-state index contributed by atoms with van der Waals surface area (Å²) in [5.41, 5.74) is 14.1. The lowest BCUT2D eigenvalue weighted by Crippen LogP contribution is -2.14. The Hall–Kier alpha value is -2.27. The van der Waals surface area contributed by atoms with Crippen LogP contribution in [0.4, 0.5) is 5.69 Å². The number of fused-ring (bicyclic) bond motifs is 1. The van der Waals surface area contributed by atoms with Crippen LogP contribution in [0.2, 0.25) is 0 Å². The summed E-state index contributed by atoms with van der Waals surface area (Å²) in [6, 6.07) is 7.18. The summed E-state index contributed by atoms with van der Waals surface area (Å²) < 4.78 is 10.6. The van der Waals surface area contributed by atoms with E-state index in [4.69, 9.17) is 20.6 Å². The van der Waals surface area contributed by atoms with Crippen LogP contribution < -0.4 is 17.1 Å². The van der Waals surface area contributed by atoms with E-state index in [2.05, 4.69) is 0 Å². The van der Waals surface area contributed by atoms with E-state index in [1.807, 2.05) is 19.1 Å². The number of para-hydroxylation sites is 1. The minimum absolute atomic E-state index is 0.336. The van der Waals surface area contributed by atoms with Gasteiger partial charge in [-0.25, -0.2) is 4.79 Å². The molecule has 0 aliphatic rings. The second-order valence-corrected chi connectivity index (χ2v) is 4.77. The molecular weight excluding hydrogens is 268 g/mol. The highest BCUT2D eigenvalue weighted by Crippen LogP contribution is 2.27. The van der Waals surface area contributed by atoms with Crippen molar-refractivity contribution in [2.75, 3.05) is 18.9 Å². The third-order valence-corrected chi connectivity index (χ3v) is 3.43. The molecule has 2 aromatic rings. The van der Waals surface area contributed by atoms with E-state index < -0.39 is 5.63 Å². The molecule has 0 aliphatic carbocycles. The van der Waals surface area contributed by atoms with Crippen LogP contribution in [-0.4, -0.2) is 13.2 Å². The molecule has 5 heteroatoms. The molecule has 0 bridgehead atoms. The van der Waals surface area contributed by atoms with Crippen LogP contribution in [0.5, 0.6) is 0 Å². The van der Waals surface area contributed by atoms with Gasteiger partial charge in [-0.05, 0) is 31.6 Å². The van der Waals surface area contributed by atoms with Gasteiger partial charge in [-0.15, -0.1) is 0 Å². The zero-order valence-corrected chi connectivity index (χ0v) is 12.3. The summed E-state index contributed by atoms with van der Waals surface area (Å²) in [6.07, 6.45) is 0.547. The fraction of sp³-hybridized carbons (Fsp3) is 0.312. The van der Waals surface area contributed by atoms with Crippen molar-refractivity contribution in [3.63, 3.8) is 0 Å². The van der Waals surface area contributed by atoms with Gasteiger partial charge >= 0.3 is 5.63 Å². The summed E-state index contributed by atoms with van der Waals surface area (Å²) in [5.74, 6) is 0. The number of hydrogen-bond donors (Lipinski definition) is 2. The summed E-state index contributed by atoms with van der Waals surface area (Å²) in [7, 11) is 0. The molecule has 1 heterocycles. The third kappa shape index (κ3) is 3.08. The number of rotatable bonds is 5. The minimum atomic E-state index is -0.469. The Morgan fingerprint density at radius 2 is 2.05 bits per heavy atom. The van der Waals surface area contributed by atoms with Crippen molar-refractivity contribution in [2.45, 2.75) is 20.3 Å². The van der Waals surface area contributed by atoms with Gasteiger partial charge in [-0.1, -0.05) is 12.1 Å². The zero-order valence-electron chi connectivity index (χ0n) is 12.3. The van der Waals surface area contributed by atoms with E-state index in [0.717, 1.165) is 0 Å². The van der Waals surface area contributed by atoms with Crippen LogP contribution in [0, 0.1) is 0 Å². The van der Waals surface area contributed by atoms with E-state index in [1.165, 1.54) is 0 Å². The molecule has 0 fully saturated rings. The molecule has 0 atom stereocenters. The van der Waals surface area contributed by atoms with Gasteiger partial charge in [-0.2, -0.15) is 0 Å². The van der Waals surface area contributed by atoms with Crippen LogP contribution in [0.15, 0.2) is 39.2 Å². The van der Waals surface area contributed by atoms with E-state index in [-0.39, 0.29) is 0 Å². The number of allylic oxidation sites excluding steroid dienone is 1. The Morgan fingerprint density at radius 3 is 2.76 bits per heavy atom.